The highest BCUT2D eigenvalue weighted by Gasteiger charge is 2.24. The number of hydrogen-bond donors (Lipinski definition) is 0. The molecule has 0 unspecified atom stereocenters. The normalized spacial score (nSPS) is 11.3. The van der Waals surface area contributed by atoms with Gasteiger partial charge in [0.2, 0.25) is 0 Å². The molecule has 5 nitrogen and oxygen atoms in total. The van der Waals surface area contributed by atoms with Gasteiger partial charge in [0.05, 0.1) is 4.92 Å². The van der Waals surface area contributed by atoms with Crippen molar-refractivity contribution < 1.29 is 13.3 Å². The van der Waals surface area contributed by atoms with Gasteiger partial charge in [-0.3, -0.25) is 10.1 Å². The van der Waals surface area contributed by atoms with Crippen molar-refractivity contribution in [3.8, 4) is 0 Å². The van der Waals surface area contributed by atoms with Crippen LogP contribution in [0, 0.1) is 10.1 Å². The summed E-state index contributed by atoms with van der Waals surface area (Å²) < 4.78 is 22.7. The predicted molar refractivity (Wildman–Crippen MR) is 64.2 cm³/mol. The Kier molecular flexibility index (Phi) is 3.90. The number of nitrogens with zero attached hydrogens (tertiary/aromatic N) is 1. The van der Waals surface area contributed by atoms with Crippen LogP contribution in [0.15, 0.2) is 23.1 Å². The van der Waals surface area contributed by atoms with Gasteiger partial charge in [0, 0.05) is 11.1 Å². The zero-order valence-corrected chi connectivity index (χ0v) is 10.9. The molecule has 1 rings (SSSR count). The van der Waals surface area contributed by atoms with Crippen LogP contribution in [0.25, 0.3) is 0 Å². The molecule has 0 radical (unpaired) electrons. The fraction of sp³-hybridized carbons (Fsp3) is 0.143. The van der Waals surface area contributed by atoms with Gasteiger partial charge in [0.25, 0.3) is 5.69 Å². The van der Waals surface area contributed by atoms with E-state index in [1.54, 1.807) is 22.6 Å². The number of benzene rings is 1. The third-order valence-corrected chi connectivity index (χ3v) is 5.59. The minimum atomic E-state index is -3.60. The minimum Gasteiger partial charge on any atom is -0.258 e. The molecule has 8 heteroatoms. The van der Waals surface area contributed by atoms with Crippen molar-refractivity contribution in [3.63, 3.8) is 0 Å². The Balaban J connectivity index is 3.49. The van der Waals surface area contributed by atoms with Crippen LogP contribution in [0.2, 0.25) is 5.02 Å². The first-order valence-electron chi connectivity index (χ1n) is 3.61. The third kappa shape index (κ3) is 2.79. The van der Waals surface area contributed by atoms with E-state index in [1.807, 2.05) is 0 Å². The number of rotatable bonds is 3. The van der Waals surface area contributed by atoms with Crippen LogP contribution in [0.5, 0.6) is 0 Å². The van der Waals surface area contributed by atoms with E-state index in [-0.39, 0.29) is 13.7 Å². The lowest BCUT2D eigenvalue weighted by Crippen LogP contribution is -2.05. The molecule has 0 aliphatic heterocycles. The molecule has 0 spiro atoms. The van der Waals surface area contributed by atoms with Gasteiger partial charge in [0.1, 0.15) is 8.66 Å². The van der Waals surface area contributed by atoms with E-state index in [0.29, 0.717) is 0 Å². The van der Waals surface area contributed by atoms with Crippen LogP contribution in [0.3, 0.4) is 0 Å². The Morgan fingerprint density at radius 2 is 2.07 bits per heavy atom. The lowest BCUT2D eigenvalue weighted by molar-refractivity contribution is -0.387. The SMILES string of the molecule is O=[N+]([O-])c1cc(Cl)ccc1S(=O)(=O)CI. The Hall–Kier alpha value is -0.410. The maximum absolute atomic E-state index is 11.5. The van der Waals surface area contributed by atoms with Crippen molar-refractivity contribution in [2.75, 3.05) is 3.76 Å². The van der Waals surface area contributed by atoms with E-state index in [4.69, 9.17) is 11.6 Å². The third-order valence-electron chi connectivity index (χ3n) is 1.60. The summed E-state index contributed by atoms with van der Waals surface area (Å²) in [4.78, 5) is 9.56. The molecule has 1 aromatic carbocycles. The van der Waals surface area contributed by atoms with Gasteiger partial charge >= 0.3 is 0 Å². The molecule has 0 bridgehead atoms. The molecule has 0 aliphatic rings. The number of halogens is 2. The topological polar surface area (TPSA) is 77.3 Å². The number of alkyl halides is 1. The average Bonchev–Trinajstić information content (AvgIpc) is 2.17. The lowest BCUT2D eigenvalue weighted by Gasteiger charge is -2.02. The van der Waals surface area contributed by atoms with E-state index in [9.17, 15) is 18.5 Å². The van der Waals surface area contributed by atoms with Crippen LogP contribution >= 0.6 is 34.2 Å². The van der Waals surface area contributed by atoms with Gasteiger partial charge in [-0.1, -0.05) is 34.2 Å². The van der Waals surface area contributed by atoms with Crippen LogP contribution in [-0.4, -0.2) is 17.1 Å². The van der Waals surface area contributed by atoms with Crippen molar-refractivity contribution >= 4 is 49.7 Å². The van der Waals surface area contributed by atoms with Gasteiger partial charge in [-0.15, -0.1) is 0 Å². The van der Waals surface area contributed by atoms with Crippen LogP contribution in [0.4, 0.5) is 5.69 Å². The fourth-order valence-electron chi connectivity index (χ4n) is 0.955. The van der Waals surface area contributed by atoms with Gasteiger partial charge in [-0.05, 0) is 12.1 Å². The second kappa shape index (κ2) is 4.62. The molecular formula is C7H5ClINO4S. The fourth-order valence-corrected chi connectivity index (χ4v) is 2.97. The predicted octanol–water partition coefficient (Wildman–Crippen LogP) is 2.41. The minimum absolute atomic E-state index is 0.133. The summed E-state index contributed by atoms with van der Waals surface area (Å²) in [5, 5.41) is 10.8. The molecular weight excluding hydrogens is 357 g/mol. The monoisotopic (exact) mass is 361 g/mol. The molecule has 0 aliphatic carbocycles. The zero-order chi connectivity index (χ0) is 11.6. The summed E-state index contributed by atoms with van der Waals surface area (Å²) in [6.45, 7) is 0. The van der Waals surface area contributed by atoms with E-state index < -0.39 is 20.4 Å². The highest BCUT2D eigenvalue weighted by atomic mass is 127. The van der Waals surface area contributed by atoms with Crippen molar-refractivity contribution in [2.24, 2.45) is 0 Å². The molecule has 0 heterocycles. The highest BCUT2D eigenvalue weighted by molar-refractivity contribution is 14.1. The first kappa shape index (κ1) is 12.7. The van der Waals surface area contributed by atoms with Gasteiger partial charge in [0.15, 0.2) is 9.84 Å². The van der Waals surface area contributed by atoms with Crippen LogP contribution < -0.4 is 0 Å². The molecule has 0 N–H and O–H groups in total. The molecule has 0 atom stereocenters. The Morgan fingerprint density at radius 3 is 2.53 bits per heavy atom. The molecule has 0 saturated heterocycles. The number of nitro groups is 1. The molecule has 82 valence electrons. The summed E-state index contributed by atoms with van der Waals surface area (Å²) >= 11 is 7.19. The molecule has 0 fully saturated rings. The van der Waals surface area contributed by atoms with Crippen molar-refractivity contribution in [1.29, 1.82) is 0 Å². The van der Waals surface area contributed by atoms with E-state index in [2.05, 4.69) is 0 Å². The molecule has 0 saturated carbocycles. The number of sulfone groups is 1. The quantitative estimate of drug-likeness (QED) is 0.358. The second-order valence-corrected chi connectivity index (χ2v) is 6.79. The maximum Gasteiger partial charge on any atom is 0.289 e. The summed E-state index contributed by atoms with van der Waals surface area (Å²) in [6.07, 6.45) is 0. The van der Waals surface area contributed by atoms with Crippen LogP contribution in [-0.2, 0) is 9.84 Å². The van der Waals surface area contributed by atoms with Gasteiger partial charge in [-0.2, -0.15) is 0 Å². The van der Waals surface area contributed by atoms with Gasteiger partial charge in [-0.25, -0.2) is 8.42 Å². The van der Waals surface area contributed by atoms with Gasteiger partial charge < -0.3 is 0 Å². The Morgan fingerprint density at radius 1 is 1.47 bits per heavy atom. The van der Waals surface area contributed by atoms with Crippen LogP contribution in [0.1, 0.15) is 0 Å². The molecule has 0 aromatic heterocycles. The Labute approximate surface area is 105 Å². The summed E-state index contributed by atoms with van der Waals surface area (Å²) in [6, 6.07) is 3.49. The zero-order valence-electron chi connectivity index (χ0n) is 7.18. The summed E-state index contributed by atoms with van der Waals surface area (Å²) in [5.41, 5.74) is -0.487. The first-order chi connectivity index (χ1) is 6.88. The number of nitro benzene ring substituents is 1. The largest absolute Gasteiger partial charge is 0.289 e. The standard InChI is InChI=1S/C7H5ClINO4S/c8-5-1-2-7(15(13,14)4-9)6(3-5)10(11)12/h1-3H,4H2. The smallest absolute Gasteiger partial charge is 0.258 e. The van der Waals surface area contributed by atoms with E-state index >= 15 is 0 Å². The Bertz CT molecular complexity index is 502. The van der Waals surface area contributed by atoms with Crippen molar-refractivity contribution in [1.82, 2.24) is 0 Å². The maximum atomic E-state index is 11.5. The lowest BCUT2D eigenvalue weighted by atomic mass is 10.3. The molecule has 1 aromatic rings. The van der Waals surface area contributed by atoms with E-state index in [1.165, 1.54) is 6.07 Å². The summed E-state index contributed by atoms with van der Waals surface area (Å²) in [5.74, 6) is 0. The van der Waals surface area contributed by atoms with E-state index in [0.717, 1.165) is 12.1 Å². The first-order valence-corrected chi connectivity index (χ1v) is 7.16. The number of hydrogen-bond acceptors (Lipinski definition) is 4. The highest BCUT2D eigenvalue weighted by Crippen LogP contribution is 2.28. The molecule has 0 amide bonds. The second-order valence-electron chi connectivity index (χ2n) is 2.59. The average molecular weight is 362 g/mol. The summed E-state index contributed by atoms with van der Waals surface area (Å²) in [7, 11) is -3.60. The molecule has 15 heavy (non-hydrogen) atoms. The van der Waals surface area contributed by atoms with Crippen molar-refractivity contribution in [3.05, 3.63) is 33.3 Å². The van der Waals surface area contributed by atoms with Crippen molar-refractivity contribution in [2.45, 2.75) is 4.90 Å².